The highest BCUT2D eigenvalue weighted by Crippen LogP contribution is 2.41. The lowest BCUT2D eigenvalue weighted by atomic mass is 9.84. The average Bonchev–Trinajstić information content (AvgIpc) is 1.59. The largest absolute Gasteiger partial charge is 0.373 e. The van der Waals surface area contributed by atoms with Crippen molar-refractivity contribution in [3.8, 4) is 6.07 Å². The number of carbonyl (C=O) groups is 10. The van der Waals surface area contributed by atoms with Crippen LogP contribution in [0.5, 0.6) is 0 Å². The zero-order valence-corrected chi connectivity index (χ0v) is 81.9. The van der Waals surface area contributed by atoms with Gasteiger partial charge < -0.3 is 26.0 Å². The van der Waals surface area contributed by atoms with E-state index in [2.05, 4.69) is 57.0 Å². The van der Waals surface area contributed by atoms with Crippen molar-refractivity contribution in [1.82, 2.24) is 42.1 Å². The molecule has 724 valence electrons. The van der Waals surface area contributed by atoms with Crippen molar-refractivity contribution >= 4 is 141 Å². The molecule has 2 saturated carbocycles. The van der Waals surface area contributed by atoms with Crippen LogP contribution < -0.4 is 37.2 Å². The Balaban J connectivity index is 0.000000198. The van der Waals surface area contributed by atoms with Crippen LogP contribution in [0.25, 0.3) is 0 Å². The Morgan fingerprint density at radius 3 is 1.03 bits per heavy atom. The maximum Gasteiger partial charge on any atom is 0.325 e. The fourth-order valence-electron chi connectivity index (χ4n) is 16.6. The van der Waals surface area contributed by atoms with E-state index in [1.165, 1.54) is 62.7 Å². The number of rotatable bonds is 44. The molecule has 7 fully saturated rings. The molecule has 20 nitrogen and oxygen atoms in total. The Bertz CT molecular complexity index is 5270. The van der Waals surface area contributed by atoms with Gasteiger partial charge in [0.2, 0.25) is 0 Å². The van der Waals surface area contributed by atoms with Gasteiger partial charge in [-0.1, -0.05) is 338 Å². The third-order valence-electron chi connectivity index (χ3n) is 24.5. The van der Waals surface area contributed by atoms with Crippen molar-refractivity contribution in [2.75, 3.05) is 6.61 Å². The van der Waals surface area contributed by atoms with E-state index in [1.54, 1.807) is 109 Å². The lowest BCUT2D eigenvalue weighted by molar-refractivity contribution is -0.132. The number of nitrogens with zero attached hydrogens (tertiary/aromatic N) is 2. The van der Waals surface area contributed by atoms with Gasteiger partial charge in [-0.25, -0.2) is 19.2 Å². The summed E-state index contributed by atoms with van der Waals surface area (Å²) in [5.74, 6) is 1.26. The Morgan fingerprint density at radius 2 is 0.706 bits per heavy atom. The molecule has 7 N–H and O–H groups in total. The van der Waals surface area contributed by atoms with E-state index in [4.69, 9.17) is 91.2 Å². The fourth-order valence-corrected chi connectivity index (χ4v) is 18.0. The number of hydrogen-bond donors (Lipinski definition) is 7. The summed E-state index contributed by atoms with van der Waals surface area (Å²) in [4.78, 5) is 123. The van der Waals surface area contributed by atoms with Crippen LogP contribution in [0.1, 0.15) is 280 Å². The number of nitrogens with one attached hydrogen (secondary N) is 7. The van der Waals surface area contributed by atoms with Crippen LogP contribution in [0.15, 0.2) is 238 Å². The second-order valence-electron chi connectivity index (χ2n) is 35.0. The van der Waals surface area contributed by atoms with Crippen molar-refractivity contribution in [1.29, 1.82) is 5.26 Å². The number of nitriles is 1. The summed E-state index contributed by atoms with van der Waals surface area (Å²) in [6, 6.07) is 59.6. The maximum absolute atomic E-state index is 13.5. The summed E-state index contributed by atoms with van der Waals surface area (Å²) >= 11 is 41.6. The highest BCUT2D eigenvalue weighted by molar-refractivity contribution is 6.33. The van der Waals surface area contributed by atoms with Gasteiger partial charge in [0.05, 0.1) is 30.9 Å². The van der Waals surface area contributed by atoms with Gasteiger partial charge in [-0.15, -0.1) is 19.7 Å². The number of benzene rings is 8. The highest BCUT2D eigenvalue weighted by atomic mass is 35.5. The quantitative estimate of drug-likeness (QED) is 0.00617. The SMILES string of the molecule is C.C=CCCCCCC(=O)c1cccc(Cl)c1.C=CCCCCCC1(c2cccc(Cl)c2)NC(=O)N(Cc2ccccc2)C1=O.C=CCCCCCC1(c2cccc(Cl)c2)NC(=O)NC1=O.N#Cc1cccc(Cl)c1.O=C(CCCCCC1CC1)c1cccc(Cl)c1.O=C1NC(=O)C(CCCCCC2CC2)(c2cccc(Cl)c2)N1.O=C1NC(=O)C(CCCCCC2CO2)(c2cccc(Cl)c2)N1. The molecule has 5 heterocycles. The molecule has 0 aromatic heterocycles. The standard InChI is InChI=1S/C23H25ClN2O2.C17H21ClN2O2.C16H19ClN2O3.C16H19ClN2O2.C15H19ClO.C14H17ClO.C7H4ClN.CH4/c1-2-3-4-5-9-15-23(19-13-10-14-20(24)16-19)21(27)26(22(28)25-23)17-18-11-7-6-8-12-18;18-14-7-4-6-13(11-14)17(15(21)19-16(22)20-17)10-3-1-2-5-12-8-9-12;17-12-6-4-5-11(9-12)16(14(20)18-15(21)19-16)8-3-1-2-7-13-10-22-13;1-2-3-4-5-6-10-16(14(20)18-15(21)19-16)12-8-7-9-13(17)11-12;16-14-7-4-6-13(11-14)15(17)8-3-1-2-5-12-9-10-12;1-2-3-4-5-6-10-14(16)12-8-7-9-13(15)11-12;8-7-3-1-2-6(4-7)5-9;/h2,6-8,10-14,16H,1,3-5,9,15,17H2,(H,25,28);4,6-7,11-12H,1-3,5,8-10H2,(H2,19,20,21,22);4-6,9,13H,1-3,7-8,10H2,(H2,18,19,20,21);2,7-9,11H,1,3-6,10H2,(H2,18,19,20,21);4,6-7,11-12H,1-3,5,8-10H2;2,7-9,11H,1,3-6,10H2;1-4H;1H4. The lowest BCUT2D eigenvalue weighted by Crippen LogP contribution is -2.44. The number of epoxide rings is 1. The molecule has 8 aromatic carbocycles. The van der Waals surface area contributed by atoms with Crippen LogP contribution in [-0.4, -0.2) is 76.9 Å². The summed E-state index contributed by atoms with van der Waals surface area (Å²) in [5, 5.41) is 30.8. The fraction of sp³-hybridized carbons (Fsp3) is 0.404. The van der Waals surface area contributed by atoms with E-state index < -0.39 is 40.2 Å². The first-order valence-corrected chi connectivity index (χ1v) is 49.6. The number of unbranched alkanes of at least 4 members (excludes halogenated alkanes) is 15. The zero-order chi connectivity index (χ0) is 97.0. The second-order valence-corrected chi connectivity index (χ2v) is 38.0. The van der Waals surface area contributed by atoms with Gasteiger partial charge in [-0.2, -0.15) is 5.26 Å². The summed E-state index contributed by atoms with van der Waals surface area (Å²) in [7, 11) is 0. The number of ketones is 2. The number of halogens is 7. The number of hydrogen-bond acceptors (Lipinski definition) is 12. The molecule has 5 unspecified atom stereocenters. The minimum atomic E-state index is -1.06. The molecular weight excluding hydrogens is 1860 g/mol. The predicted molar refractivity (Wildman–Crippen MR) is 547 cm³/mol. The van der Waals surface area contributed by atoms with Crippen LogP contribution in [0.2, 0.25) is 35.2 Å². The van der Waals surface area contributed by atoms with Crippen LogP contribution in [0.3, 0.4) is 0 Å². The molecule has 0 spiro atoms. The molecule has 8 aromatic rings. The number of allylic oxidation sites excluding steroid dienone is 3. The Hall–Kier alpha value is -10.4. The number of imide groups is 4. The molecule has 136 heavy (non-hydrogen) atoms. The Morgan fingerprint density at radius 1 is 0.382 bits per heavy atom. The molecule has 0 radical (unpaired) electrons. The average molecular weight is 1990 g/mol. The molecule has 2 aliphatic carbocycles. The third-order valence-corrected chi connectivity index (χ3v) is 26.1. The number of carbonyl (C=O) groups excluding carboxylic acids is 10. The number of Topliss-reactive ketones (excluding diaryl/α,β-unsaturated/α-hetero) is 2. The lowest BCUT2D eigenvalue weighted by Gasteiger charge is -2.27. The number of ether oxygens (including phenoxy) is 1. The van der Waals surface area contributed by atoms with Crippen LogP contribution in [0.4, 0.5) is 19.2 Å². The summed E-state index contributed by atoms with van der Waals surface area (Å²) in [5.41, 5.74) is 1.89. The maximum atomic E-state index is 13.5. The monoisotopic (exact) mass is 1980 g/mol. The topological polar surface area (TPSA) is 294 Å². The summed E-state index contributed by atoms with van der Waals surface area (Å²) in [6.07, 6.45) is 40.4. The molecular formula is C109H128Cl7N9O11. The minimum absolute atomic E-state index is 0. The van der Waals surface area contributed by atoms with Gasteiger partial charge in [-0.3, -0.25) is 49.6 Å². The normalized spacial score (nSPS) is 19.0. The van der Waals surface area contributed by atoms with Crippen LogP contribution >= 0.6 is 81.2 Å². The zero-order valence-electron chi connectivity index (χ0n) is 76.6. The first-order valence-electron chi connectivity index (χ1n) is 47.0. The van der Waals surface area contributed by atoms with Crippen molar-refractivity contribution in [3.05, 3.63) is 318 Å². The second kappa shape index (κ2) is 57.7. The van der Waals surface area contributed by atoms with Gasteiger partial charge in [0, 0.05) is 59.1 Å². The van der Waals surface area contributed by atoms with E-state index in [0.717, 1.165) is 179 Å². The molecule has 7 aliphatic rings. The number of urea groups is 4. The van der Waals surface area contributed by atoms with Gasteiger partial charge in [-0.05, 0) is 214 Å². The molecule has 12 amide bonds. The molecule has 0 bridgehead atoms. The highest BCUT2D eigenvalue weighted by Gasteiger charge is 2.53. The van der Waals surface area contributed by atoms with Crippen molar-refractivity contribution in [3.63, 3.8) is 0 Å². The van der Waals surface area contributed by atoms with Crippen LogP contribution in [0, 0.1) is 23.2 Å². The van der Waals surface area contributed by atoms with E-state index in [1.807, 2.05) is 115 Å². The van der Waals surface area contributed by atoms with Crippen LogP contribution in [-0.2, 0) is 52.6 Å². The van der Waals surface area contributed by atoms with E-state index in [-0.39, 0.29) is 55.2 Å². The van der Waals surface area contributed by atoms with E-state index >= 15 is 0 Å². The Kier molecular flexibility index (Phi) is 47.0. The molecule has 27 heteroatoms. The van der Waals surface area contributed by atoms with Crippen molar-refractivity contribution in [2.45, 2.75) is 261 Å². The molecule has 5 atom stereocenters. The van der Waals surface area contributed by atoms with Gasteiger partial charge in [0.15, 0.2) is 11.6 Å². The number of amides is 12. The first-order chi connectivity index (χ1) is 65.2. The van der Waals surface area contributed by atoms with Gasteiger partial charge in [0.25, 0.3) is 23.6 Å². The third kappa shape index (κ3) is 35.8. The summed E-state index contributed by atoms with van der Waals surface area (Å²) < 4.78 is 5.19. The van der Waals surface area contributed by atoms with E-state index in [9.17, 15) is 47.9 Å². The first kappa shape index (κ1) is 111. The van der Waals surface area contributed by atoms with Gasteiger partial charge >= 0.3 is 24.1 Å². The minimum Gasteiger partial charge on any atom is -0.373 e. The molecule has 15 rings (SSSR count). The summed E-state index contributed by atoms with van der Waals surface area (Å²) in [6.45, 7) is 12.2. The molecule has 5 saturated heterocycles. The smallest absolute Gasteiger partial charge is 0.325 e. The Labute approximate surface area is 837 Å². The predicted octanol–water partition coefficient (Wildman–Crippen LogP) is 27.8. The molecule has 5 aliphatic heterocycles. The van der Waals surface area contributed by atoms with Crippen molar-refractivity contribution < 1.29 is 52.7 Å². The van der Waals surface area contributed by atoms with Gasteiger partial charge in [0.1, 0.15) is 22.2 Å². The van der Waals surface area contributed by atoms with E-state index in [0.29, 0.717) is 85.4 Å². The van der Waals surface area contributed by atoms with Crippen molar-refractivity contribution in [2.24, 2.45) is 11.8 Å².